The third-order valence-electron chi connectivity index (χ3n) is 3.00. The van der Waals surface area contributed by atoms with Crippen LogP contribution in [0.25, 0.3) is 0 Å². The summed E-state index contributed by atoms with van der Waals surface area (Å²) >= 11 is 0. The van der Waals surface area contributed by atoms with Crippen molar-refractivity contribution in [3.05, 3.63) is 59.5 Å². The third-order valence-corrected chi connectivity index (χ3v) is 3.00. The number of ether oxygens (including phenoxy) is 1. The molecule has 0 fully saturated rings. The molecule has 1 heterocycles. The molecule has 0 amide bonds. The molecule has 2 aromatic rings. The molecule has 3 nitrogen and oxygen atoms in total. The van der Waals surface area contributed by atoms with Gasteiger partial charge in [-0.3, -0.25) is 0 Å². The average Bonchev–Trinajstić information content (AvgIpc) is 3.00. The molecule has 0 bridgehead atoms. The van der Waals surface area contributed by atoms with Crippen LogP contribution in [-0.4, -0.2) is 13.2 Å². The number of hydrogen-bond donors (Lipinski definition) is 1. The Morgan fingerprint density at radius 1 is 1.19 bits per heavy atom. The van der Waals surface area contributed by atoms with E-state index in [9.17, 15) is 8.78 Å². The van der Waals surface area contributed by atoms with E-state index in [2.05, 4.69) is 5.32 Å². The highest BCUT2D eigenvalue weighted by Crippen LogP contribution is 2.19. The highest BCUT2D eigenvalue weighted by Gasteiger charge is 2.06. The van der Waals surface area contributed by atoms with E-state index in [1.54, 1.807) is 12.3 Å². The van der Waals surface area contributed by atoms with E-state index < -0.39 is 6.43 Å². The zero-order valence-corrected chi connectivity index (χ0v) is 11.7. The molecule has 0 aliphatic rings. The Bertz CT molecular complexity index is 515. The van der Waals surface area contributed by atoms with Crippen molar-refractivity contribution in [2.75, 3.05) is 13.2 Å². The molecule has 0 saturated heterocycles. The van der Waals surface area contributed by atoms with Gasteiger partial charge in [-0.05, 0) is 36.7 Å². The van der Waals surface area contributed by atoms with Gasteiger partial charge in [-0.1, -0.05) is 18.2 Å². The first-order chi connectivity index (χ1) is 10.3. The van der Waals surface area contributed by atoms with Gasteiger partial charge in [0.1, 0.15) is 12.4 Å². The van der Waals surface area contributed by atoms with E-state index in [1.807, 2.05) is 18.2 Å². The van der Waals surface area contributed by atoms with Crippen molar-refractivity contribution in [1.82, 2.24) is 5.32 Å². The smallest absolute Gasteiger partial charge is 0.263 e. The van der Waals surface area contributed by atoms with Crippen molar-refractivity contribution in [2.24, 2.45) is 0 Å². The molecule has 1 aromatic heterocycles. The number of furan rings is 1. The van der Waals surface area contributed by atoms with E-state index in [0.717, 1.165) is 24.3 Å². The maximum Gasteiger partial charge on any atom is 0.263 e. The molecule has 1 aromatic carbocycles. The topological polar surface area (TPSA) is 34.4 Å². The Morgan fingerprint density at radius 3 is 2.86 bits per heavy atom. The summed E-state index contributed by atoms with van der Waals surface area (Å²) in [4.78, 5) is 0. The first-order valence-corrected chi connectivity index (χ1v) is 6.93. The number of alkyl halides is 2. The van der Waals surface area contributed by atoms with Crippen LogP contribution in [0.3, 0.4) is 0 Å². The number of hydrogen-bond acceptors (Lipinski definition) is 3. The SMILES string of the molecule is FC(F)c1cccc(CNCCCOCc2ccco2)c1. The summed E-state index contributed by atoms with van der Waals surface area (Å²) < 4.78 is 35.7. The van der Waals surface area contributed by atoms with Gasteiger partial charge < -0.3 is 14.5 Å². The summed E-state index contributed by atoms with van der Waals surface area (Å²) in [7, 11) is 0. The van der Waals surface area contributed by atoms with Crippen LogP contribution in [0.2, 0.25) is 0 Å². The summed E-state index contributed by atoms with van der Waals surface area (Å²) in [6.45, 7) is 2.46. The Balaban J connectivity index is 1.56. The van der Waals surface area contributed by atoms with Gasteiger partial charge in [0.25, 0.3) is 6.43 Å². The van der Waals surface area contributed by atoms with Crippen molar-refractivity contribution >= 4 is 0 Å². The quantitative estimate of drug-likeness (QED) is 0.712. The van der Waals surface area contributed by atoms with E-state index in [1.165, 1.54) is 12.1 Å². The van der Waals surface area contributed by atoms with E-state index in [4.69, 9.17) is 9.15 Å². The zero-order chi connectivity index (χ0) is 14.9. The molecule has 5 heteroatoms. The van der Waals surface area contributed by atoms with Crippen molar-refractivity contribution in [1.29, 1.82) is 0 Å². The Labute approximate surface area is 122 Å². The van der Waals surface area contributed by atoms with Gasteiger partial charge in [0.2, 0.25) is 0 Å². The Morgan fingerprint density at radius 2 is 2.10 bits per heavy atom. The maximum absolute atomic E-state index is 12.5. The molecular weight excluding hydrogens is 276 g/mol. The van der Waals surface area contributed by atoms with Crippen LogP contribution >= 0.6 is 0 Å². The molecule has 114 valence electrons. The van der Waals surface area contributed by atoms with Crippen LogP contribution in [0.5, 0.6) is 0 Å². The maximum atomic E-state index is 12.5. The van der Waals surface area contributed by atoms with Gasteiger partial charge in [-0.25, -0.2) is 8.78 Å². The minimum Gasteiger partial charge on any atom is -0.467 e. The van der Waals surface area contributed by atoms with E-state index >= 15 is 0 Å². The molecule has 0 aliphatic carbocycles. The monoisotopic (exact) mass is 295 g/mol. The van der Waals surface area contributed by atoms with Gasteiger partial charge in [0, 0.05) is 18.7 Å². The van der Waals surface area contributed by atoms with Crippen LogP contribution < -0.4 is 5.32 Å². The van der Waals surface area contributed by atoms with Gasteiger partial charge in [0.15, 0.2) is 0 Å². The van der Waals surface area contributed by atoms with Crippen molar-refractivity contribution in [2.45, 2.75) is 26.0 Å². The van der Waals surface area contributed by atoms with Crippen LogP contribution in [0.15, 0.2) is 47.1 Å². The first-order valence-electron chi connectivity index (χ1n) is 6.93. The summed E-state index contributed by atoms with van der Waals surface area (Å²) in [5, 5.41) is 3.21. The molecule has 0 atom stereocenters. The van der Waals surface area contributed by atoms with Crippen LogP contribution in [0.1, 0.15) is 29.7 Å². The second kappa shape index (κ2) is 8.54. The van der Waals surface area contributed by atoms with Crippen molar-refractivity contribution in [3.63, 3.8) is 0 Å². The minimum atomic E-state index is -2.42. The highest BCUT2D eigenvalue weighted by atomic mass is 19.3. The molecule has 1 N–H and O–H groups in total. The lowest BCUT2D eigenvalue weighted by Gasteiger charge is -2.07. The summed E-state index contributed by atoms with van der Waals surface area (Å²) in [5.74, 6) is 0.812. The van der Waals surface area contributed by atoms with Gasteiger partial charge in [-0.15, -0.1) is 0 Å². The fourth-order valence-electron chi connectivity index (χ4n) is 1.94. The summed E-state index contributed by atoms with van der Waals surface area (Å²) in [5.41, 5.74) is 0.931. The Kier molecular flexibility index (Phi) is 6.37. The third kappa shape index (κ3) is 5.65. The standard InChI is InChI=1S/C16H19F2NO2/c17-16(18)14-5-1-4-13(10-14)11-19-7-3-8-20-12-15-6-2-9-21-15/h1-2,4-6,9-10,16,19H,3,7-8,11-12H2. The summed E-state index contributed by atoms with van der Waals surface area (Å²) in [6, 6.07) is 10.2. The van der Waals surface area contributed by atoms with Crippen LogP contribution in [-0.2, 0) is 17.9 Å². The fraction of sp³-hybridized carbons (Fsp3) is 0.375. The minimum absolute atomic E-state index is 0.0658. The molecule has 2 rings (SSSR count). The summed E-state index contributed by atoms with van der Waals surface area (Å²) in [6.07, 6.45) is 0.0585. The molecular formula is C16H19F2NO2. The Hall–Kier alpha value is -1.72. The van der Waals surface area contributed by atoms with Crippen molar-refractivity contribution < 1.29 is 17.9 Å². The van der Waals surface area contributed by atoms with Gasteiger partial charge in [-0.2, -0.15) is 0 Å². The van der Waals surface area contributed by atoms with Crippen LogP contribution in [0.4, 0.5) is 8.78 Å². The average molecular weight is 295 g/mol. The molecule has 21 heavy (non-hydrogen) atoms. The fourth-order valence-corrected chi connectivity index (χ4v) is 1.94. The zero-order valence-electron chi connectivity index (χ0n) is 11.7. The predicted octanol–water partition coefficient (Wildman–Crippen LogP) is 3.91. The van der Waals surface area contributed by atoms with E-state index in [-0.39, 0.29) is 5.56 Å². The second-order valence-corrected chi connectivity index (χ2v) is 4.71. The lowest BCUT2D eigenvalue weighted by molar-refractivity contribution is 0.104. The van der Waals surface area contributed by atoms with Gasteiger partial charge >= 0.3 is 0 Å². The number of nitrogens with one attached hydrogen (secondary N) is 1. The van der Waals surface area contributed by atoms with E-state index in [0.29, 0.717) is 19.8 Å². The molecule has 0 spiro atoms. The number of rotatable bonds is 9. The molecule has 0 radical (unpaired) electrons. The number of halogens is 2. The largest absolute Gasteiger partial charge is 0.467 e. The normalized spacial score (nSPS) is 11.2. The molecule has 0 aliphatic heterocycles. The van der Waals surface area contributed by atoms with Crippen LogP contribution in [0, 0.1) is 0 Å². The number of benzene rings is 1. The highest BCUT2D eigenvalue weighted by molar-refractivity contribution is 5.24. The van der Waals surface area contributed by atoms with Gasteiger partial charge in [0.05, 0.1) is 6.26 Å². The molecule has 0 saturated carbocycles. The second-order valence-electron chi connectivity index (χ2n) is 4.71. The molecule has 0 unspecified atom stereocenters. The lowest BCUT2D eigenvalue weighted by Crippen LogP contribution is -2.16. The predicted molar refractivity (Wildman–Crippen MR) is 76.1 cm³/mol. The van der Waals surface area contributed by atoms with Crippen molar-refractivity contribution in [3.8, 4) is 0 Å². The first kappa shape index (κ1) is 15.7. The lowest BCUT2D eigenvalue weighted by atomic mass is 10.1.